The molecule has 0 aromatic heterocycles. The second-order valence-electron chi connectivity index (χ2n) is 4.01. The van der Waals surface area contributed by atoms with Crippen molar-refractivity contribution in [2.45, 2.75) is 13.3 Å². The first-order valence-electron chi connectivity index (χ1n) is 5.50. The highest BCUT2D eigenvalue weighted by Gasteiger charge is 2.11. The zero-order chi connectivity index (χ0) is 12.3. The summed E-state index contributed by atoms with van der Waals surface area (Å²) in [5.74, 6) is 0.0601. The molecule has 2 heteroatoms. The number of rotatable bonds is 3. The van der Waals surface area contributed by atoms with E-state index in [1.807, 2.05) is 43.3 Å². The first-order valence-corrected chi connectivity index (χ1v) is 5.88. The van der Waals surface area contributed by atoms with Crippen molar-refractivity contribution in [3.63, 3.8) is 0 Å². The van der Waals surface area contributed by atoms with Crippen molar-refractivity contribution in [2.75, 3.05) is 0 Å². The lowest BCUT2D eigenvalue weighted by atomic mass is 9.99. The Labute approximate surface area is 106 Å². The summed E-state index contributed by atoms with van der Waals surface area (Å²) in [5, 5.41) is 0.520. The van der Waals surface area contributed by atoms with Crippen molar-refractivity contribution >= 4 is 17.4 Å². The highest BCUT2D eigenvalue weighted by atomic mass is 35.5. The van der Waals surface area contributed by atoms with Crippen LogP contribution >= 0.6 is 11.6 Å². The van der Waals surface area contributed by atoms with E-state index in [1.54, 1.807) is 12.1 Å². The molecular weight excluding hydrogens is 232 g/mol. The molecule has 17 heavy (non-hydrogen) atoms. The lowest BCUT2D eigenvalue weighted by molar-refractivity contribution is 0.0993. The molecule has 0 N–H and O–H groups in total. The third kappa shape index (κ3) is 2.75. The van der Waals surface area contributed by atoms with Crippen LogP contribution < -0.4 is 0 Å². The summed E-state index contributed by atoms with van der Waals surface area (Å²) in [5.41, 5.74) is 2.78. The van der Waals surface area contributed by atoms with Gasteiger partial charge in [0.15, 0.2) is 5.78 Å². The molecule has 0 aliphatic heterocycles. The third-order valence-corrected chi connectivity index (χ3v) is 3.12. The highest BCUT2D eigenvalue weighted by molar-refractivity contribution is 6.34. The van der Waals surface area contributed by atoms with E-state index in [1.165, 1.54) is 0 Å². The minimum atomic E-state index is 0.0601. The van der Waals surface area contributed by atoms with Gasteiger partial charge in [0.05, 0.1) is 5.02 Å². The van der Waals surface area contributed by atoms with E-state index in [0.717, 1.165) is 11.1 Å². The minimum absolute atomic E-state index is 0.0601. The van der Waals surface area contributed by atoms with Crippen LogP contribution in [0.15, 0.2) is 48.5 Å². The van der Waals surface area contributed by atoms with Crippen LogP contribution in [-0.4, -0.2) is 5.78 Å². The standard InChI is InChI=1S/C15H13ClO/c1-11-6-2-3-7-12(11)10-15(17)13-8-4-5-9-14(13)16/h2-9H,10H2,1H3. The summed E-state index contributed by atoms with van der Waals surface area (Å²) in [6, 6.07) is 15.1. The van der Waals surface area contributed by atoms with Gasteiger partial charge in [-0.05, 0) is 30.2 Å². The van der Waals surface area contributed by atoms with Gasteiger partial charge in [-0.1, -0.05) is 48.0 Å². The number of aryl methyl sites for hydroxylation is 1. The maximum Gasteiger partial charge on any atom is 0.168 e. The van der Waals surface area contributed by atoms with Crippen LogP contribution in [0.5, 0.6) is 0 Å². The van der Waals surface area contributed by atoms with Crippen molar-refractivity contribution in [3.05, 3.63) is 70.2 Å². The van der Waals surface area contributed by atoms with Crippen LogP contribution in [0, 0.1) is 6.92 Å². The molecule has 0 spiro atoms. The summed E-state index contributed by atoms with van der Waals surface area (Å²) in [7, 11) is 0. The van der Waals surface area contributed by atoms with Gasteiger partial charge in [-0.25, -0.2) is 0 Å². The average Bonchev–Trinajstić information content (AvgIpc) is 2.32. The second kappa shape index (κ2) is 5.15. The predicted octanol–water partition coefficient (Wildman–Crippen LogP) is 4.07. The third-order valence-electron chi connectivity index (χ3n) is 2.79. The molecule has 0 saturated carbocycles. The fourth-order valence-electron chi connectivity index (χ4n) is 1.76. The van der Waals surface area contributed by atoms with Crippen LogP contribution in [0.1, 0.15) is 21.5 Å². The summed E-state index contributed by atoms with van der Waals surface area (Å²) < 4.78 is 0. The number of carbonyl (C=O) groups excluding carboxylic acids is 1. The van der Waals surface area contributed by atoms with Crippen molar-refractivity contribution in [1.29, 1.82) is 0 Å². The largest absolute Gasteiger partial charge is 0.294 e. The van der Waals surface area contributed by atoms with Gasteiger partial charge in [-0.15, -0.1) is 0 Å². The quantitative estimate of drug-likeness (QED) is 0.744. The Hall–Kier alpha value is -1.60. The van der Waals surface area contributed by atoms with Gasteiger partial charge in [0.25, 0.3) is 0 Å². The van der Waals surface area contributed by atoms with E-state index >= 15 is 0 Å². The van der Waals surface area contributed by atoms with Crippen LogP contribution in [0.4, 0.5) is 0 Å². The Balaban J connectivity index is 2.24. The van der Waals surface area contributed by atoms with Crippen LogP contribution in [0.25, 0.3) is 0 Å². The molecule has 0 unspecified atom stereocenters. The zero-order valence-corrected chi connectivity index (χ0v) is 10.4. The van der Waals surface area contributed by atoms with Crippen molar-refractivity contribution in [2.24, 2.45) is 0 Å². The maximum atomic E-state index is 12.1. The summed E-state index contributed by atoms with van der Waals surface area (Å²) >= 11 is 6.00. The molecule has 0 fully saturated rings. The summed E-state index contributed by atoms with van der Waals surface area (Å²) in [6.07, 6.45) is 0.399. The van der Waals surface area contributed by atoms with E-state index in [-0.39, 0.29) is 5.78 Å². The van der Waals surface area contributed by atoms with Gasteiger partial charge in [-0.2, -0.15) is 0 Å². The van der Waals surface area contributed by atoms with E-state index in [9.17, 15) is 4.79 Å². The molecule has 0 saturated heterocycles. The van der Waals surface area contributed by atoms with Crippen molar-refractivity contribution in [1.82, 2.24) is 0 Å². The molecule has 0 aliphatic carbocycles. The second-order valence-corrected chi connectivity index (χ2v) is 4.41. The molecule has 0 amide bonds. The number of carbonyl (C=O) groups is 1. The molecule has 2 rings (SSSR count). The molecule has 0 aliphatic rings. The van der Waals surface area contributed by atoms with Crippen molar-refractivity contribution < 1.29 is 4.79 Å². The lowest BCUT2D eigenvalue weighted by Crippen LogP contribution is -2.05. The Bertz CT molecular complexity index is 546. The Kier molecular flexibility index (Phi) is 3.60. The minimum Gasteiger partial charge on any atom is -0.294 e. The Morgan fingerprint density at radius 3 is 2.41 bits per heavy atom. The van der Waals surface area contributed by atoms with E-state index in [0.29, 0.717) is 17.0 Å². The first-order chi connectivity index (χ1) is 8.18. The molecule has 0 heterocycles. The molecule has 0 atom stereocenters. The fourth-order valence-corrected chi connectivity index (χ4v) is 2.01. The normalized spacial score (nSPS) is 10.2. The number of ketones is 1. The van der Waals surface area contributed by atoms with Gasteiger partial charge in [0.1, 0.15) is 0 Å². The van der Waals surface area contributed by atoms with Crippen molar-refractivity contribution in [3.8, 4) is 0 Å². The highest BCUT2D eigenvalue weighted by Crippen LogP contribution is 2.18. The van der Waals surface area contributed by atoms with Gasteiger partial charge in [0.2, 0.25) is 0 Å². The summed E-state index contributed by atoms with van der Waals surface area (Å²) in [4.78, 5) is 12.1. The van der Waals surface area contributed by atoms with Gasteiger partial charge in [-0.3, -0.25) is 4.79 Å². The van der Waals surface area contributed by atoms with Crippen LogP contribution in [-0.2, 0) is 6.42 Å². The molecule has 1 nitrogen and oxygen atoms in total. The van der Waals surface area contributed by atoms with Gasteiger partial charge < -0.3 is 0 Å². The zero-order valence-electron chi connectivity index (χ0n) is 9.61. The first kappa shape index (κ1) is 11.9. The maximum absolute atomic E-state index is 12.1. The number of halogens is 1. The molecule has 0 radical (unpaired) electrons. The van der Waals surface area contributed by atoms with Gasteiger partial charge >= 0.3 is 0 Å². The molecule has 86 valence electrons. The number of Topliss-reactive ketones (excluding diaryl/α,β-unsaturated/α-hetero) is 1. The smallest absolute Gasteiger partial charge is 0.168 e. The number of hydrogen-bond acceptors (Lipinski definition) is 1. The van der Waals surface area contributed by atoms with Crippen LogP contribution in [0.2, 0.25) is 5.02 Å². The summed E-state index contributed by atoms with van der Waals surface area (Å²) in [6.45, 7) is 2.01. The average molecular weight is 245 g/mol. The topological polar surface area (TPSA) is 17.1 Å². The monoisotopic (exact) mass is 244 g/mol. The SMILES string of the molecule is Cc1ccccc1CC(=O)c1ccccc1Cl. The number of benzene rings is 2. The Morgan fingerprint density at radius 1 is 1.06 bits per heavy atom. The van der Waals surface area contributed by atoms with E-state index in [4.69, 9.17) is 11.6 Å². The van der Waals surface area contributed by atoms with E-state index < -0.39 is 0 Å². The van der Waals surface area contributed by atoms with Gasteiger partial charge in [0, 0.05) is 12.0 Å². The number of hydrogen-bond donors (Lipinski definition) is 0. The molecular formula is C15H13ClO. The molecule has 2 aromatic rings. The molecule has 2 aromatic carbocycles. The van der Waals surface area contributed by atoms with Crippen LogP contribution in [0.3, 0.4) is 0 Å². The fraction of sp³-hybridized carbons (Fsp3) is 0.133. The predicted molar refractivity (Wildman–Crippen MR) is 70.7 cm³/mol. The Morgan fingerprint density at radius 2 is 1.71 bits per heavy atom. The molecule has 0 bridgehead atoms. The lowest BCUT2D eigenvalue weighted by Gasteiger charge is -2.06. The van der Waals surface area contributed by atoms with E-state index in [2.05, 4.69) is 0 Å².